The summed E-state index contributed by atoms with van der Waals surface area (Å²) >= 11 is 1.46. The van der Waals surface area contributed by atoms with Crippen LogP contribution in [0.1, 0.15) is 33.8 Å². The molecule has 1 amide bonds. The molecule has 0 bridgehead atoms. The summed E-state index contributed by atoms with van der Waals surface area (Å²) in [6, 6.07) is 14.2. The van der Waals surface area contributed by atoms with Crippen molar-refractivity contribution in [3.05, 3.63) is 93.5 Å². The quantitative estimate of drug-likeness (QED) is 0.456. The normalized spacial score (nSPS) is 11.0. The van der Waals surface area contributed by atoms with Gasteiger partial charge in [-0.2, -0.15) is 5.10 Å². The zero-order valence-electron chi connectivity index (χ0n) is 17.6. The third-order valence-corrected chi connectivity index (χ3v) is 6.00. The first kappa shape index (κ1) is 20.9. The maximum atomic E-state index is 13.0. The average Bonchev–Trinajstić information content (AvgIpc) is 3.30. The Labute approximate surface area is 184 Å². The van der Waals surface area contributed by atoms with Crippen LogP contribution in [-0.4, -0.2) is 20.7 Å². The molecule has 31 heavy (non-hydrogen) atoms. The van der Waals surface area contributed by atoms with Gasteiger partial charge in [0, 0.05) is 28.7 Å². The number of rotatable bonds is 6. The summed E-state index contributed by atoms with van der Waals surface area (Å²) in [4.78, 5) is 16.9. The molecular formula is C24H23FN4OS. The highest BCUT2D eigenvalue weighted by molar-refractivity contribution is 7.12. The molecule has 2 heterocycles. The van der Waals surface area contributed by atoms with Gasteiger partial charge in [-0.1, -0.05) is 29.8 Å². The highest BCUT2D eigenvalue weighted by Gasteiger charge is 2.16. The lowest BCUT2D eigenvalue weighted by atomic mass is 10.0. The van der Waals surface area contributed by atoms with E-state index in [1.165, 1.54) is 52.3 Å². The summed E-state index contributed by atoms with van der Waals surface area (Å²) < 4.78 is 14.9. The van der Waals surface area contributed by atoms with E-state index in [-0.39, 0.29) is 18.1 Å². The maximum Gasteiger partial charge on any atom is 0.230 e. The lowest BCUT2D eigenvalue weighted by Gasteiger charge is -2.04. The van der Waals surface area contributed by atoms with Crippen LogP contribution < -0.4 is 5.32 Å². The molecule has 4 aromatic rings. The van der Waals surface area contributed by atoms with Crippen LogP contribution in [-0.2, 0) is 17.6 Å². The molecule has 5 nitrogen and oxygen atoms in total. The number of amides is 1. The monoisotopic (exact) mass is 434 g/mol. The Morgan fingerprint density at radius 1 is 1.06 bits per heavy atom. The number of carbonyl (C=O) groups is 1. The molecule has 0 aliphatic heterocycles. The van der Waals surface area contributed by atoms with Crippen LogP contribution in [0.5, 0.6) is 0 Å². The van der Waals surface area contributed by atoms with Crippen LogP contribution in [0.15, 0.2) is 53.9 Å². The number of carbonyl (C=O) groups excluding carboxylic acids is 1. The number of hydrogen-bond donors (Lipinski definition) is 1. The number of nitrogens with zero attached hydrogens (tertiary/aromatic N) is 3. The van der Waals surface area contributed by atoms with Crippen molar-refractivity contribution < 1.29 is 9.18 Å². The largest absolute Gasteiger partial charge is 0.326 e. The zero-order chi connectivity index (χ0) is 22.0. The molecule has 0 radical (unpaired) electrons. The van der Waals surface area contributed by atoms with Gasteiger partial charge in [-0.15, -0.1) is 11.3 Å². The first-order chi connectivity index (χ1) is 14.9. The third kappa shape index (κ3) is 4.88. The molecule has 4 rings (SSSR count). The minimum absolute atomic E-state index is 0.142. The van der Waals surface area contributed by atoms with Crippen molar-refractivity contribution in [2.75, 3.05) is 5.32 Å². The summed E-state index contributed by atoms with van der Waals surface area (Å²) in [6.07, 6.45) is 0.958. The Balaban J connectivity index is 1.47. The van der Waals surface area contributed by atoms with Gasteiger partial charge in [0.25, 0.3) is 0 Å². The van der Waals surface area contributed by atoms with E-state index < -0.39 is 0 Å². The van der Waals surface area contributed by atoms with E-state index in [0.717, 1.165) is 22.9 Å². The Morgan fingerprint density at radius 2 is 1.77 bits per heavy atom. The summed E-state index contributed by atoms with van der Waals surface area (Å²) in [6.45, 7) is 6.14. The van der Waals surface area contributed by atoms with E-state index in [1.54, 1.807) is 0 Å². The fraction of sp³-hybridized carbons (Fsp3) is 0.208. The maximum absolute atomic E-state index is 13.0. The van der Waals surface area contributed by atoms with Crippen molar-refractivity contribution in [1.29, 1.82) is 0 Å². The lowest BCUT2D eigenvalue weighted by Crippen LogP contribution is -2.14. The summed E-state index contributed by atoms with van der Waals surface area (Å²) in [5.41, 5.74) is 6.93. The van der Waals surface area contributed by atoms with E-state index in [0.29, 0.717) is 11.4 Å². The Hall–Kier alpha value is -3.32. The van der Waals surface area contributed by atoms with Crippen molar-refractivity contribution in [2.24, 2.45) is 0 Å². The first-order valence-corrected chi connectivity index (χ1v) is 10.9. The van der Waals surface area contributed by atoms with Crippen molar-refractivity contribution >= 4 is 22.9 Å². The minimum atomic E-state index is -0.339. The summed E-state index contributed by atoms with van der Waals surface area (Å²) in [7, 11) is 0. The topological polar surface area (TPSA) is 59.8 Å². The number of aromatic nitrogens is 3. The molecule has 2 aromatic heterocycles. The van der Waals surface area contributed by atoms with Crippen molar-refractivity contribution in [2.45, 2.75) is 33.6 Å². The second-order valence-corrected chi connectivity index (χ2v) is 8.41. The van der Waals surface area contributed by atoms with Gasteiger partial charge in [-0.25, -0.2) is 14.1 Å². The highest BCUT2D eigenvalue weighted by Crippen LogP contribution is 2.23. The standard InChI is InChI=1S/C24H23FN4OS/c1-15-4-6-18(7-5-15)12-22-16(2)28-29(17(22)3)24-27-21(14-31-24)13-23(30)26-20-10-8-19(25)9-11-20/h4-11,14H,12-13H2,1-3H3,(H,26,30). The van der Waals surface area contributed by atoms with Gasteiger partial charge in [0.05, 0.1) is 17.8 Å². The Bertz CT molecular complexity index is 1210. The van der Waals surface area contributed by atoms with Crippen molar-refractivity contribution in [1.82, 2.24) is 14.8 Å². The van der Waals surface area contributed by atoms with Crippen LogP contribution in [0.4, 0.5) is 10.1 Å². The molecule has 0 aliphatic rings. The molecule has 0 saturated carbocycles. The van der Waals surface area contributed by atoms with E-state index >= 15 is 0 Å². The molecular weight excluding hydrogens is 411 g/mol. The molecule has 0 spiro atoms. The number of thiazole rings is 1. The molecule has 0 aliphatic carbocycles. The molecule has 1 N–H and O–H groups in total. The van der Waals surface area contributed by atoms with E-state index in [9.17, 15) is 9.18 Å². The molecule has 158 valence electrons. The molecule has 0 unspecified atom stereocenters. The second kappa shape index (κ2) is 8.81. The van der Waals surface area contributed by atoms with Gasteiger partial charge in [-0.05, 0) is 50.6 Å². The number of halogens is 1. The second-order valence-electron chi connectivity index (χ2n) is 7.58. The number of nitrogens with one attached hydrogen (secondary N) is 1. The van der Waals surface area contributed by atoms with Gasteiger partial charge < -0.3 is 5.32 Å². The highest BCUT2D eigenvalue weighted by atomic mass is 32.1. The van der Waals surface area contributed by atoms with Crippen molar-refractivity contribution in [3.63, 3.8) is 0 Å². The third-order valence-electron chi connectivity index (χ3n) is 5.13. The van der Waals surface area contributed by atoms with E-state index in [2.05, 4.69) is 41.5 Å². The van der Waals surface area contributed by atoms with Gasteiger partial charge in [0.2, 0.25) is 11.0 Å². The number of aryl methyl sites for hydroxylation is 2. The van der Waals surface area contributed by atoms with Crippen LogP contribution >= 0.6 is 11.3 Å². The van der Waals surface area contributed by atoms with E-state index in [1.807, 2.05) is 23.9 Å². The SMILES string of the molecule is Cc1ccc(Cc2c(C)nn(-c3nc(CC(=O)Nc4ccc(F)cc4)cs3)c2C)cc1. The average molecular weight is 435 g/mol. The summed E-state index contributed by atoms with van der Waals surface area (Å²) in [5.74, 6) is -0.536. The smallest absolute Gasteiger partial charge is 0.230 e. The number of anilines is 1. The van der Waals surface area contributed by atoms with Gasteiger partial charge in [0.1, 0.15) is 5.82 Å². The van der Waals surface area contributed by atoms with Crippen LogP contribution in [0.3, 0.4) is 0 Å². The zero-order valence-corrected chi connectivity index (χ0v) is 18.5. The fourth-order valence-corrected chi connectivity index (χ4v) is 4.23. The van der Waals surface area contributed by atoms with Gasteiger partial charge >= 0.3 is 0 Å². The van der Waals surface area contributed by atoms with Gasteiger partial charge in [-0.3, -0.25) is 4.79 Å². The van der Waals surface area contributed by atoms with Gasteiger partial charge in [0.15, 0.2) is 0 Å². The molecule has 0 fully saturated rings. The van der Waals surface area contributed by atoms with E-state index in [4.69, 9.17) is 5.10 Å². The van der Waals surface area contributed by atoms with Crippen LogP contribution in [0.2, 0.25) is 0 Å². The Morgan fingerprint density at radius 3 is 2.48 bits per heavy atom. The fourth-order valence-electron chi connectivity index (χ4n) is 3.40. The Kier molecular flexibility index (Phi) is 5.95. The number of hydrogen-bond acceptors (Lipinski definition) is 4. The van der Waals surface area contributed by atoms with Crippen LogP contribution in [0.25, 0.3) is 5.13 Å². The minimum Gasteiger partial charge on any atom is -0.326 e. The predicted octanol–water partition coefficient (Wildman–Crippen LogP) is 5.17. The predicted molar refractivity (Wildman–Crippen MR) is 121 cm³/mol. The molecule has 7 heteroatoms. The summed E-state index contributed by atoms with van der Waals surface area (Å²) in [5, 5.41) is 10.1. The number of benzene rings is 2. The first-order valence-electron chi connectivity index (χ1n) is 10.00. The lowest BCUT2D eigenvalue weighted by molar-refractivity contribution is -0.115. The van der Waals surface area contributed by atoms with Crippen LogP contribution in [0, 0.1) is 26.6 Å². The molecule has 0 saturated heterocycles. The molecule has 2 aromatic carbocycles. The molecule has 0 atom stereocenters. The van der Waals surface area contributed by atoms with Crippen molar-refractivity contribution in [3.8, 4) is 5.13 Å².